The molecule has 1 aliphatic heterocycles. The second-order valence-electron chi connectivity index (χ2n) is 5.83. The third-order valence-corrected chi connectivity index (χ3v) is 4.37. The van der Waals surface area contributed by atoms with Gasteiger partial charge in [-0.2, -0.15) is 13.2 Å². The van der Waals surface area contributed by atoms with Crippen molar-refractivity contribution in [3.8, 4) is 0 Å². The molecule has 0 saturated carbocycles. The monoisotopic (exact) mass is 374 g/mol. The van der Waals surface area contributed by atoms with Crippen LogP contribution >= 0.6 is 11.6 Å². The quantitative estimate of drug-likeness (QED) is 0.822. The molecule has 1 fully saturated rings. The largest absolute Gasteiger partial charge is 0.471 e. The van der Waals surface area contributed by atoms with Gasteiger partial charge in [0.2, 0.25) is 5.91 Å². The first kappa shape index (κ1) is 19.3. The number of benzene rings is 1. The van der Waals surface area contributed by atoms with Crippen LogP contribution in [0.3, 0.4) is 0 Å². The summed E-state index contributed by atoms with van der Waals surface area (Å²) in [7, 11) is 0. The fourth-order valence-corrected chi connectivity index (χ4v) is 2.80. The van der Waals surface area contributed by atoms with Crippen molar-refractivity contribution in [2.24, 2.45) is 5.92 Å². The third-order valence-electron chi connectivity index (χ3n) is 4.03. The Hall–Kier alpha value is -2.02. The van der Waals surface area contributed by atoms with Gasteiger partial charge in [0, 0.05) is 30.7 Å². The van der Waals surface area contributed by atoms with Crippen LogP contribution in [0.4, 0.5) is 13.2 Å². The summed E-state index contributed by atoms with van der Waals surface area (Å²) in [6.07, 6.45) is -1.01. The van der Waals surface area contributed by atoms with Gasteiger partial charge in [-0.1, -0.05) is 29.8 Å². The van der Waals surface area contributed by atoms with E-state index in [4.69, 9.17) is 11.6 Å². The lowest BCUT2D eigenvalue weighted by Crippen LogP contribution is -2.46. The van der Waals surface area contributed by atoms with Gasteiger partial charge < -0.3 is 10.2 Å². The number of nitrogens with one attached hydrogen (secondary N) is 1. The second-order valence-corrected chi connectivity index (χ2v) is 6.24. The zero-order valence-electron chi connectivity index (χ0n) is 13.4. The van der Waals surface area contributed by atoms with E-state index >= 15 is 0 Å². The third kappa shape index (κ3) is 5.77. The highest BCUT2D eigenvalue weighted by Crippen LogP contribution is 2.23. The van der Waals surface area contributed by atoms with Crippen molar-refractivity contribution in [2.45, 2.75) is 19.0 Å². The molecule has 0 atom stereocenters. The summed E-state index contributed by atoms with van der Waals surface area (Å²) in [5, 5.41) is 3.26. The van der Waals surface area contributed by atoms with Gasteiger partial charge in [-0.3, -0.25) is 9.59 Å². The van der Waals surface area contributed by atoms with Crippen molar-refractivity contribution in [3.63, 3.8) is 0 Å². The van der Waals surface area contributed by atoms with Gasteiger partial charge in [-0.15, -0.1) is 0 Å². The van der Waals surface area contributed by atoms with Crippen LogP contribution in [0, 0.1) is 5.92 Å². The van der Waals surface area contributed by atoms with E-state index in [0.29, 0.717) is 24.4 Å². The fourth-order valence-electron chi connectivity index (χ4n) is 2.60. The zero-order valence-corrected chi connectivity index (χ0v) is 14.1. The molecule has 1 N–H and O–H groups in total. The molecule has 0 bridgehead atoms. The van der Waals surface area contributed by atoms with Crippen molar-refractivity contribution in [3.05, 3.63) is 40.9 Å². The standard InChI is InChI=1S/C17H18ClF3N2O2/c18-14-4-2-1-3-13(14)5-6-15(24)22-11-12-7-9-23(10-8-12)16(25)17(19,20)21/h1-6,12H,7-11H2,(H,22,24)/b6-5+. The van der Waals surface area contributed by atoms with Crippen LogP contribution < -0.4 is 5.32 Å². The van der Waals surface area contributed by atoms with Crippen molar-refractivity contribution in [1.29, 1.82) is 0 Å². The minimum Gasteiger partial charge on any atom is -0.352 e. The van der Waals surface area contributed by atoms with E-state index in [1.54, 1.807) is 30.3 Å². The van der Waals surface area contributed by atoms with E-state index in [9.17, 15) is 22.8 Å². The van der Waals surface area contributed by atoms with Gasteiger partial charge in [0.1, 0.15) is 0 Å². The smallest absolute Gasteiger partial charge is 0.352 e. The maximum atomic E-state index is 12.4. The number of nitrogens with zero attached hydrogens (tertiary/aromatic N) is 1. The van der Waals surface area contributed by atoms with Crippen LogP contribution in [0.5, 0.6) is 0 Å². The summed E-state index contributed by atoms with van der Waals surface area (Å²) in [6, 6.07) is 7.09. The molecule has 1 aromatic carbocycles. The van der Waals surface area contributed by atoms with Crippen molar-refractivity contribution in [2.75, 3.05) is 19.6 Å². The van der Waals surface area contributed by atoms with Crippen molar-refractivity contribution in [1.82, 2.24) is 10.2 Å². The number of halogens is 4. The predicted molar refractivity (Wildman–Crippen MR) is 88.9 cm³/mol. The number of rotatable bonds is 4. The topological polar surface area (TPSA) is 49.4 Å². The Kier molecular flexibility index (Phi) is 6.47. The summed E-state index contributed by atoms with van der Waals surface area (Å²) in [6.45, 7) is 0.461. The SMILES string of the molecule is O=C(/C=C/c1ccccc1Cl)NCC1CCN(C(=O)C(F)(F)F)CC1. The molecule has 4 nitrogen and oxygen atoms in total. The van der Waals surface area contributed by atoms with Crippen LogP contribution in [0.1, 0.15) is 18.4 Å². The highest BCUT2D eigenvalue weighted by molar-refractivity contribution is 6.32. The average Bonchev–Trinajstić information content (AvgIpc) is 2.58. The van der Waals surface area contributed by atoms with E-state index in [1.807, 2.05) is 0 Å². The molecule has 136 valence electrons. The van der Waals surface area contributed by atoms with Crippen molar-refractivity contribution < 1.29 is 22.8 Å². The number of likely N-dealkylation sites (tertiary alicyclic amines) is 1. The van der Waals surface area contributed by atoms with Gasteiger partial charge in [0.25, 0.3) is 0 Å². The van der Waals surface area contributed by atoms with Gasteiger partial charge in [-0.25, -0.2) is 0 Å². The molecule has 0 aromatic heterocycles. The number of carbonyl (C=O) groups excluding carboxylic acids is 2. The zero-order chi connectivity index (χ0) is 18.4. The first-order chi connectivity index (χ1) is 11.8. The van der Waals surface area contributed by atoms with Gasteiger partial charge in [0.15, 0.2) is 0 Å². The highest BCUT2D eigenvalue weighted by atomic mass is 35.5. The van der Waals surface area contributed by atoms with Gasteiger partial charge >= 0.3 is 12.1 Å². The Morgan fingerprint density at radius 3 is 2.48 bits per heavy atom. The molecule has 1 saturated heterocycles. The fraction of sp³-hybridized carbons (Fsp3) is 0.412. The molecule has 0 unspecified atom stereocenters. The van der Waals surface area contributed by atoms with E-state index in [0.717, 1.165) is 10.5 Å². The minimum absolute atomic E-state index is 0.0499. The lowest BCUT2D eigenvalue weighted by molar-refractivity contribution is -0.186. The van der Waals surface area contributed by atoms with Crippen LogP contribution in [0.15, 0.2) is 30.3 Å². The molecule has 1 heterocycles. The Labute approximate surface area is 148 Å². The summed E-state index contributed by atoms with van der Waals surface area (Å²) in [4.78, 5) is 23.8. The minimum atomic E-state index is -4.83. The van der Waals surface area contributed by atoms with E-state index < -0.39 is 12.1 Å². The summed E-state index contributed by atoms with van der Waals surface area (Å²) < 4.78 is 37.1. The number of amides is 2. The van der Waals surface area contributed by atoms with Gasteiger partial charge in [0.05, 0.1) is 0 Å². The van der Waals surface area contributed by atoms with E-state index in [1.165, 1.54) is 6.08 Å². The molecule has 0 radical (unpaired) electrons. The molecule has 1 aliphatic rings. The normalized spacial score (nSPS) is 16.2. The second kappa shape index (κ2) is 8.38. The number of alkyl halides is 3. The van der Waals surface area contributed by atoms with E-state index in [-0.39, 0.29) is 24.9 Å². The lowest BCUT2D eigenvalue weighted by atomic mass is 9.96. The van der Waals surface area contributed by atoms with Crippen molar-refractivity contribution >= 4 is 29.5 Å². The van der Waals surface area contributed by atoms with E-state index in [2.05, 4.69) is 5.32 Å². The summed E-state index contributed by atoms with van der Waals surface area (Å²) in [5.74, 6) is -2.04. The highest BCUT2D eigenvalue weighted by Gasteiger charge is 2.43. The Morgan fingerprint density at radius 1 is 1.24 bits per heavy atom. The molecule has 0 aliphatic carbocycles. The molecule has 1 aromatic rings. The number of piperidine rings is 1. The lowest BCUT2D eigenvalue weighted by Gasteiger charge is -2.32. The maximum Gasteiger partial charge on any atom is 0.471 e. The number of hydrogen-bond acceptors (Lipinski definition) is 2. The number of hydrogen-bond donors (Lipinski definition) is 1. The van der Waals surface area contributed by atoms with Gasteiger partial charge in [-0.05, 0) is 36.5 Å². The molecule has 0 spiro atoms. The predicted octanol–water partition coefficient (Wildman–Crippen LogP) is 3.27. The molecular formula is C17H18ClF3N2O2. The summed E-state index contributed by atoms with van der Waals surface area (Å²) >= 11 is 5.98. The summed E-state index contributed by atoms with van der Waals surface area (Å²) in [5.41, 5.74) is 0.721. The Balaban J connectivity index is 1.75. The van der Waals surface area contributed by atoms with Crippen LogP contribution in [0.25, 0.3) is 6.08 Å². The van der Waals surface area contributed by atoms with Crippen LogP contribution in [-0.4, -0.2) is 42.5 Å². The Morgan fingerprint density at radius 2 is 1.88 bits per heavy atom. The molecule has 8 heteroatoms. The number of carbonyl (C=O) groups is 2. The Bertz CT molecular complexity index is 654. The molecular weight excluding hydrogens is 357 g/mol. The molecule has 25 heavy (non-hydrogen) atoms. The average molecular weight is 375 g/mol. The first-order valence-electron chi connectivity index (χ1n) is 7.84. The first-order valence-corrected chi connectivity index (χ1v) is 8.21. The molecule has 2 rings (SSSR count). The van der Waals surface area contributed by atoms with Crippen LogP contribution in [-0.2, 0) is 9.59 Å². The van der Waals surface area contributed by atoms with Crippen LogP contribution in [0.2, 0.25) is 5.02 Å². The maximum absolute atomic E-state index is 12.4. The molecule has 2 amide bonds.